The molecule has 2 rings (SSSR count). The molecule has 12 heavy (non-hydrogen) atoms. The van der Waals surface area contributed by atoms with Crippen molar-refractivity contribution < 1.29 is 13.9 Å². The molecule has 0 saturated carbocycles. The van der Waals surface area contributed by atoms with Gasteiger partial charge in [0.25, 0.3) is 0 Å². The first kappa shape index (κ1) is 7.21. The first-order valence-corrected chi connectivity index (χ1v) is 3.72. The topological polar surface area (TPSA) is 42.7 Å². The van der Waals surface area contributed by atoms with Crippen LogP contribution in [-0.2, 0) is 4.74 Å². The number of hydrogen-bond acceptors (Lipinski definition) is 3. The normalized spacial score (nSPS) is 22.9. The molecule has 4 heteroatoms. The molecule has 0 aromatic carbocycles. The quantitative estimate of drug-likeness (QED) is 0.635. The fraction of sp³-hybridized carbons (Fsp3) is 0.375. The van der Waals surface area contributed by atoms with Gasteiger partial charge in [0.2, 0.25) is 0 Å². The lowest BCUT2D eigenvalue weighted by molar-refractivity contribution is 0.124. The molecular weight excluding hydrogens is 158 g/mol. The van der Waals surface area contributed by atoms with Crippen LogP contribution in [0.15, 0.2) is 22.8 Å². The number of nitrogens with zero attached hydrogens (tertiary/aromatic N) is 1. The minimum absolute atomic E-state index is 0.238. The Bertz CT molecular complexity index is 281. The van der Waals surface area contributed by atoms with Gasteiger partial charge in [-0.15, -0.1) is 0 Å². The summed E-state index contributed by atoms with van der Waals surface area (Å²) in [6, 6.07) is 3.58. The van der Waals surface area contributed by atoms with E-state index in [1.807, 2.05) is 0 Å². The van der Waals surface area contributed by atoms with Crippen LogP contribution in [0.3, 0.4) is 0 Å². The third-order valence-electron chi connectivity index (χ3n) is 1.85. The largest absolute Gasteiger partial charge is 0.465 e. The van der Waals surface area contributed by atoms with Crippen molar-refractivity contribution >= 4 is 6.09 Å². The molecule has 0 N–H and O–H groups in total. The zero-order valence-electron chi connectivity index (χ0n) is 6.69. The van der Waals surface area contributed by atoms with E-state index in [-0.39, 0.29) is 12.2 Å². The highest BCUT2D eigenvalue weighted by molar-refractivity contribution is 5.69. The summed E-state index contributed by atoms with van der Waals surface area (Å²) in [6.07, 6.45) is 1.04. The maximum absolute atomic E-state index is 10.9. The summed E-state index contributed by atoms with van der Waals surface area (Å²) in [6.45, 7) is 0.562. The van der Waals surface area contributed by atoms with Crippen LogP contribution in [-0.4, -0.2) is 24.6 Å². The standard InChI is InChI=1S/C8H9NO3/c1-9-5-7(12-8(9)10)6-3-2-4-11-6/h2-4,7H,5H2,1H3. The van der Waals surface area contributed by atoms with E-state index in [0.29, 0.717) is 12.3 Å². The first-order chi connectivity index (χ1) is 5.77. The highest BCUT2D eigenvalue weighted by Gasteiger charge is 2.31. The van der Waals surface area contributed by atoms with E-state index in [1.54, 1.807) is 25.4 Å². The number of cyclic esters (lactones) is 1. The molecule has 0 aliphatic carbocycles. The molecule has 4 nitrogen and oxygen atoms in total. The molecule has 1 aliphatic heterocycles. The number of carbonyl (C=O) groups is 1. The van der Waals surface area contributed by atoms with Crippen LogP contribution in [0.25, 0.3) is 0 Å². The Balaban J connectivity index is 2.14. The smallest absolute Gasteiger partial charge is 0.410 e. The first-order valence-electron chi connectivity index (χ1n) is 3.72. The van der Waals surface area contributed by atoms with Gasteiger partial charge in [0.1, 0.15) is 5.76 Å². The number of ether oxygens (including phenoxy) is 1. The van der Waals surface area contributed by atoms with Crippen molar-refractivity contribution in [2.75, 3.05) is 13.6 Å². The van der Waals surface area contributed by atoms with Crippen molar-refractivity contribution in [2.24, 2.45) is 0 Å². The van der Waals surface area contributed by atoms with Gasteiger partial charge in [-0.2, -0.15) is 0 Å². The average Bonchev–Trinajstić information content (AvgIpc) is 2.61. The van der Waals surface area contributed by atoms with E-state index in [4.69, 9.17) is 9.15 Å². The van der Waals surface area contributed by atoms with Crippen molar-refractivity contribution in [3.63, 3.8) is 0 Å². The van der Waals surface area contributed by atoms with Crippen molar-refractivity contribution in [3.8, 4) is 0 Å². The van der Waals surface area contributed by atoms with E-state index in [0.717, 1.165) is 0 Å². The third-order valence-corrected chi connectivity index (χ3v) is 1.85. The SMILES string of the molecule is CN1CC(c2ccco2)OC1=O. The van der Waals surface area contributed by atoms with Crippen LogP contribution in [0.5, 0.6) is 0 Å². The second kappa shape index (κ2) is 2.55. The molecule has 1 aliphatic rings. The van der Waals surface area contributed by atoms with Gasteiger partial charge >= 0.3 is 6.09 Å². The van der Waals surface area contributed by atoms with Crippen LogP contribution in [0.4, 0.5) is 4.79 Å². The van der Waals surface area contributed by atoms with Crippen LogP contribution >= 0.6 is 0 Å². The summed E-state index contributed by atoms with van der Waals surface area (Å²) >= 11 is 0. The molecule has 1 atom stereocenters. The predicted molar refractivity (Wildman–Crippen MR) is 40.6 cm³/mol. The number of amides is 1. The minimum Gasteiger partial charge on any atom is -0.465 e. The Morgan fingerprint density at radius 2 is 2.50 bits per heavy atom. The van der Waals surface area contributed by atoms with Crippen molar-refractivity contribution in [2.45, 2.75) is 6.10 Å². The Labute approximate surface area is 69.7 Å². The fourth-order valence-corrected chi connectivity index (χ4v) is 1.19. The van der Waals surface area contributed by atoms with Gasteiger partial charge in [-0.3, -0.25) is 0 Å². The zero-order chi connectivity index (χ0) is 8.55. The second-order valence-electron chi connectivity index (χ2n) is 2.77. The van der Waals surface area contributed by atoms with Gasteiger partial charge in [-0.1, -0.05) is 0 Å². The van der Waals surface area contributed by atoms with Gasteiger partial charge in [-0.05, 0) is 12.1 Å². The molecular formula is C8H9NO3. The van der Waals surface area contributed by atoms with Gasteiger partial charge in [0.15, 0.2) is 6.10 Å². The summed E-state index contributed by atoms with van der Waals surface area (Å²) in [5, 5.41) is 0. The van der Waals surface area contributed by atoms with Crippen molar-refractivity contribution in [1.82, 2.24) is 4.90 Å². The highest BCUT2D eigenvalue weighted by Crippen LogP contribution is 2.24. The molecule has 64 valence electrons. The van der Waals surface area contributed by atoms with Crippen LogP contribution in [0.1, 0.15) is 11.9 Å². The minimum atomic E-state index is -0.295. The van der Waals surface area contributed by atoms with E-state index >= 15 is 0 Å². The third kappa shape index (κ3) is 1.05. The Morgan fingerprint density at radius 1 is 1.67 bits per heavy atom. The number of carbonyl (C=O) groups excluding carboxylic acids is 1. The Morgan fingerprint density at radius 3 is 3.00 bits per heavy atom. The van der Waals surface area contributed by atoms with Crippen molar-refractivity contribution in [3.05, 3.63) is 24.2 Å². The summed E-state index contributed by atoms with van der Waals surface area (Å²) in [5.74, 6) is 0.702. The lowest BCUT2D eigenvalue weighted by Gasteiger charge is -2.02. The number of furan rings is 1. The Kier molecular flexibility index (Phi) is 1.53. The monoisotopic (exact) mass is 167 g/mol. The Hall–Kier alpha value is -1.45. The predicted octanol–water partition coefficient (Wildman–Crippen LogP) is 1.40. The molecule has 0 radical (unpaired) electrons. The van der Waals surface area contributed by atoms with Gasteiger partial charge in [-0.25, -0.2) is 4.79 Å². The summed E-state index contributed by atoms with van der Waals surface area (Å²) in [5.41, 5.74) is 0. The van der Waals surface area contributed by atoms with Crippen molar-refractivity contribution in [1.29, 1.82) is 0 Å². The van der Waals surface area contributed by atoms with Gasteiger partial charge < -0.3 is 14.1 Å². The molecule has 0 spiro atoms. The molecule has 2 heterocycles. The summed E-state index contributed by atoms with van der Waals surface area (Å²) < 4.78 is 10.1. The van der Waals surface area contributed by atoms with E-state index in [1.165, 1.54) is 4.90 Å². The molecule has 1 unspecified atom stereocenters. The highest BCUT2D eigenvalue weighted by atomic mass is 16.6. The number of rotatable bonds is 1. The fourth-order valence-electron chi connectivity index (χ4n) is 1.19. The average molecular weight is 167 g/mol. The molecule has 1 amide bonds. The van der Waals surface area contributed by atoms with Crippen LogP contribution in [0, 0.1) is 0 Å². The van der Waals surface area contributed by atoms with Gasteiger partial charge in [0, 0.05) is 7.05 Å². The van der Waals surface area contributed by atoms with Gasteiger partial charge in [0.05, 0.1) is 12.8 Å². The van der Waals surface area contributed by atoms with E-state index in [2.05, 4.69) is 0 Å². The molecule has 0 bridgehead atoms. The molecule has 1 aromatic rings. The zero-order valence-corrected chi connectivity index (χ0v) is 6.69. The molecule has 1 aromatic heterocycles. The number of hydrogen-bond donors (Lipinski definition) is 0. The maximum atomic E-state index is 10.9. The summed E-state index contributed by atoms with van der Waals surface area (Å²) in [7, 11) is 1.70. The van der Waals surface area contributed by atoms with E-state index < -0.39 is 0 Å². The second-order valence-corrected chi connectivity index (χ2v) is 2.77. The molecule has 1 saturated heterocycles. The van der Waals surface area contributed by atoms with Crippen LogP contribution in [0.2, 0.25) is 0 Å². The lowest BCUT2D eigenvalue weighted by atomic mass is 10.3. The van der Waals surface area contributed by atoms with Crippen LogP contribution < -0.4 is 0 Å². The lowest BCUT2D eigenvalue weighted by Crippen LogP contribution is -2.17. The number of likely N-dealkylation sites (N-methyl/N-ethyl adjacent to an activating group) is 1. The van der Waals surface area contributed by atoms with E-state index in [9.17, 15) is 4.79 Å². The summed E-state index contributed by atoms with van der Waals surface area (Å²) in [4.78, 5) is 12.5. The maximum Gasteiger partial charge on any atom is 0.410 e. The molecule has 1 fully saturated rings.